The molecule has 0 N–H and O–H groups in total. The SMILES string of the molecule is CCOc1ccc(C2CC(=O)N(c3ccc(Cl)c(Cl)c3)C3=C2C(=O)CC(C)(C)C3)cc1. The number of ketones is 1. The van der Waals surface area contributed by atoms with Crippen LogP contribution in [0.4, 0.5) is 5.69 Å². The highest BCUT2D eigenvalue weighted by Gasteiger charge is 2.44. The fourth-order valence-corrected chi connectivity index (χ4v) is 4.88. The highest BCUT2D eigenvalue weighted by molar-refractivity contribution is 6.42. The molecular weight excluding hydrogens is 433 g/mol. The van der Waals surface area contributed by atoms with Crippen molar-refractivity contribution in [3.63, 3.8) is 0 Å². The third kappa shape index (κ3) is 4.24. The van der Waals surface area contributed by atoms with Crippen molar-refractivity contribution >= 4 is 40.6 Å². The molecule has 4 rings (SSSR count). The Morgan fingerprint density at radius 1 is 1.03 bits per heavy atom. The zero-order chi connectivity index (χ0) is 22.3. The van der Waals surface area contributed by atoms with Crippen LogP contribution in [0.15, 0.2) is 53.7 Å². The summed E-state index contributed by atoms with van der Waals surface area (Å²) in [5, 5.41) is 0.806. The first-order valence-corrected chi connectivity index (χ1v) is 11.2. The second kappa shape index (κ2) is 8.33. The van der Waals surface area contributed by atoms with Gasteiger partial charge < -0.3 is 4.74 Å². The van der Waals surface area contributed by atoms with Gasteiger partial charge in [0.2, 0.25) is 5.91 Å². The van der Waals surface area contributed by atoms with E-state index < -0.39 is 0 Å². The number of rotatable bonds is 4. The molecule has 1 unspecified atom stereocenters. The van der Waals surface area contributed by atoms with E-state index in [1.54, 1.807) is 23.1 Å². The molecule has 1 aliphatic carbocycles. The highest BCUT2D eigenvalue weighted by Crippen LogP contribution is 2.48. The normalized spacial score (nSPS) is 20.7. The average Bonchev–Trinajstić information content (AvgIpc) is 2.69. The van der Waals surface area contributed by atoms with Gasteiger partial charge in [0.15, 0.2) is 5.78 Å². The maximum atomic E-state index is 13.4. The largest absolute Gasteiger partial charge is 0.494 e. The van der Waals surface area contributed by atoms with Gasteiger partial charge in [0.25, 0.3) is 0 Å². The highest BCUT2D eigenvalue weighted by atomic mass is 35.5. The molecule has 1 aliphatic heterocycles. The third-order valence-electron chi connectivity index (χ3n) is 5.90. The minimum atomic E-state index is -0.263. The van der Waals surface area contributed by atoms with Gasteiger partial charge in [0.05, 0.1) is 22.3 Å². The summed E-state index contributed by atoms with van der Waals surface area (Å²) in [6, 6.07) is 12.8. The van der Waals surface area contributed by atoms with Crippen molar-refractivity contribution in [2.24, 2.45) is 5.41 Å². The molecule has 2 aromatic rings. The van der Waals surface area contributed by atoms with Crippen molar-refractivity contribution in [1.29, 1.82) is 0 Å². The molecule has 0 radical (unpaired) electrons. The number of carbonyl (C=O) groups is 2. The Labute approximate surface area is 192 Å². The standard InChI is InChI=1S/C25H25Cl2NO3/c1-4-31-17-8-5-15(6-9-17)18-12-23(30)28(16-7-10-19(26)20(27)11-16)21-13-25(2,3)14-22(29)24(18)21/h5-11,18H,4,12-14H2,1-3H3. The van der Waals surface area contributed by atoms with Crippen molar-refractivity contribution in [3.05, 3.63) is 69.3 Å². The number of Topliss-reactive ketones (excluding diaryl/α,β-unsaturated/α-hetero) is 1. The number of nitrogens with zero attached hydrogens (tertiary/aromatic N) is 1. The van der Waals surface area contributed by atoms with E-state index in [-0.39, 0.29) is 29.4 Å². The smallest absolute Gasteiger partial charge is 0.232 e. The van der Waals surface area contributed by atoms with E-state index in [0.29, 0.717) is 35.2 Å². The van der Waals surface area contributed by atoms with Gasteiger partial charge in [-0.05, 0) is 54.7 Å². The Balaban J connectivity index is 1.84. The van der Waals surface area contributed by atoms with Gasteiger partial charge in [0.1, 0.15) is 5.75 Å². The predicted molar refractivity (Wildman–Crippen MR) is 124 cm³/mol. The lowest BCUT2D eigenvalue weighted by atomic mass is 9.69. The first-order valence-electron chi connectivity index (χ1n) is 10.5. The number of hydrogen-bond donors (Lipinski definition) is 0. The molecule has 0 spiro atoms. The maximum absolute atomic E-state index is 13.4. The van der Waals surface area contributed by atoms with Crippen molar-refractivity contribution in [1.82, 2.24) is 0 Å². The lowest BCUT2D eigenvalue weighted by Crippen LogP contribution is -2.43. The van der Waals surface area contributed by atoms with Crippen molar-refractivity contribution in [2.45, 2.75) is 46.0 Å². The summed E-state index contributed by atoms with van der Waals surface area (Å²) >= 11 is 12.3. The van der Waals surface area contributed by atoms with Gasteiger partial charge in [-0.2, -0.15) is 0 Å². The van der Waals surface area contributed by atoms with Crippen molar-refractivity contribution in [2.75, 3.05) is 11.5 Å². The van der Waals surface area contributed by atoms with E-state index in [9.17, 15) is 9.59 Å². The minimum absolute atomic E-state index is 0.0541. The summed E-state index contributed by atoms with van der Waals surface area (Å²) in [7, 11) is 0. The monoisotopic (exact) mass is 457 g/mol. The quantitative estimate of drug-likeness (QED) is 0.522. The van der Waals surface area contributed by atoms with Crippen LogP contribution in [0.25, 0.3) is 0 Å². The Morgan fingerprint density at radius 3 is 2.39 bits per heavy atom. The average molecular weight is 458 g/mol. The third-order valence-corrected chi connectivity index (χ3v) is 6.64. The van der Waals surface area contributed by atoms with Crippen molar-refractivity contribution < 1.29 is 14.3 Å². The lowest BCUT2D eigenvalue weighted by molar-refractivity contribution is -0.121. The maximum Gasteiger partial charge on any atom is 0.232 e. The van der Waals surface area contributed by atoms with E-state index in [4.69, 9.17) is 27.9 Å². The van der Waals surface area contributed by atoms with Crippen LogP contribution in [-0.4, -0.2) is 18.3 Å². The first kappa shape index (κ1) is 21.9. The summed E-state index contributed by atoms with van der Waals surface area (Å²) in [4.78, 5) is 28.4. The molecule has 1 heterocycles. The number of amides is 1. The predicted octanol–water partition coefficient (Wildman–Crippen LogP) is 6.56. The number of ether oxygens (including phenoxy) is 1. The second-order valence-electron chi connectivity index (χ2n) is 8.89. The van der Waals surface area contributed by atoms with E-state index in [1.807, 2.05) is 31.2 Å². The van der Waals surface area contributed by atoms with E-state index in [0.717, 1.165) is 22.6 Å². The molecule has 162 valence electrons. The van der Waals surface area contributed by atoms with Crippen LogP contribution in [0, 0.1) is 5.41 Å². The summed E-state index contributed by atoms with van der Waals surface area (Å²) in [5.41, 5.74) is 2.86. The topological polar surface area (TPSA) is 46.6 Å². The number of benzene rings is 2. The van der Waals surface area contributed by atoms with E-state index >= 15 is 0 Å². The summed E-state index contributed by atoms with van der Waals surface area (Å²) in [5.74, 6) is 0.557. The number of halogens is 2. The molecule has 1 atom stereocenters. The second-order valence-corrected chi connectivity index (χ2v) is 9.70. The molecular formula is C25H25Cl2NO3. The van der Waals surface area contributed by atoms with Gasteiger partial charge in [-0.25, -0.2) is 0 Å². The Hall–Kier alpha value is -2.30. The van der Waals surface area contributed by atoms with Crippen LogP contribution in [0.1, 0.15) is 51.5 Å². The molecule has 0 aromatic heterocycles. The van der Waals surface area contributed by atoms with Gasteiger partial charge >= 0.3 is 0 Å². The summed E-state index contributed by atoms with van der Waals surface area (Å²) in [6.45, 7) is 6.65. The van der Waals surface area contributed by atoms with Gasteiger partial charge in [-0.15, -0.1) is 0 Å². The fourth-order valence-electron chi connectivity index (χ4n) is 4.59. The molecule has 0 fully saturated rings. The number of anilines is 1. The molecule has 2 aromatic carbocycles. The Bertz CT molecular complexity index is 1070. The fraction of sp³-hybridized carbons (Fsp3) is 0.360. The van der Waals surface area contributed by atoms with E-state index in [2.05, 4.69) is 13.8 Å². The summed E-state index contributed by atoms with van der Waals surface area (Å²) < 4.78 is 5.54. The first-order chi connectivity index (χ1) is 14.7. The summed E-state index contributed by atoms with van der Waals surface area (Å²) in [6.07, 6.45) is 1.32. The zero-order valence-corrected chi connectivity index (χ0v) is 19.4. The van der Waals surface area contributed by atoms with Crippen LogP contribution < -0.4 is 9.64 Å². The molecule has 1 amide bonds. The van der Waals surface area contributed by atoms with Gasteiger partial charge in [-0.3, -0.25) is 14.5 Å². The molecule has 4 nitrogen and oxygen atoms in total. The number of carbonyl (C=O) groups excluding carboxylic acids is 2. The molecule has 0 saturated carbocycles. The molecule has 2 aliphatic rings. The van der Waals surface area contributed by atoms with Crippen molar-refractivity contribution in [3.8, 4) is 5.75 Å². The molecule has 0 bridgehead atoms. The van der Waals surface area contributed by atoms with Crippen LogP contribution in [0.2, 0.25) is 10.0 Å². The Kier molecular flexibility index (Phi) is 5.89. The Morgan fingerprint density at radius 2 is 1.74 bits per heavy atom. The van der Waals surface area contributed by atoms with E-state index in [1.165, 1.54) is 0 Å². The number of allylic oxidation sites excluding steroid dienone is 2. The minimum Gasteiger partial charge on any atom is -0.494 e. The van der Waals surface area contributed by atoms with Crippen LogP contribution in [-0.2, 0) is 9.59 Å². The van der Waals surface area contributed by atoms with Crippen LogP contribution in [0.5, 0.6) is 5.75 Å². The molecule has 0 saturated heterocycles. The molecule has 6 heteroatoms. The van der Waals surface area contributed by atoms with Gasteiger partial charge in [0, 0.05) is 30.0 Å². The van der Waals surface area contributed by atoms with Crippen LogP contribution in [0.3, 0.4) is 0 Å². The zero-order valence-electron chi connectivity index (χ0n) is 17.9. The molecule has 31 heavy (non-hydrogen) atoms. The van der Waals surface area contributed by atoms with Crippen LogP contribution >= 0.6 is 23.2 Å². The van der Waals surface area contributed by atoms with Gasteiger partial charge in [-0.1, -0.05) is 49.2 Å². The number of hydrogen-bond acceptors (Lipinski definition) is 3. The lowest BCUT2D eigenvalue weighted by Gasteiger charge is -2.43.